The van der Waals surface area contributed by atoms with Gasteiger partial charge in [-0.05, 0) is 49.3 Å². The largest absolute Gasteiger partial charge is 0.261 e. The van der Waals surface area contributed by atoms with E-state index in [1.807, 2.05) is 6.20 Å². The first-order chi connectivity index (χ1) is 5.77. The summed E-state index contributed by atoms with van der Waals surface area (Å²) >= 11 is 0. The van der Waals surface area contributed by atoms with Crippen molar-refractivity contribution in [1.29, 1.82) is 0 Å². The van der Waals surface area contributed by atoms with Crippen LogP contribution in [0, 0.1) is 12.8 Å². The molecule has 1 heterocycles. The van der Waals surface area contributed by atoms with Gasteiger partial charge in [-0.2, -0.15) is 0 Å². The number of aromatic nitrogens is 1. The van der Waals surface area contributed by atoms with Gasteiger partial charge in [0.1, 0.15) is 0 Å². The Morgan fingerprint density at radius 1 is 1.50 bits per heavy atom. The van der Waals surface area contributed by atoms with E-state index in [1.54, 1.807) is 0 Å². The standard InChI is InChI=1S/C11H15N/c1-8-3-4-11-9(2)12-6-5-10(11)7-8/h5-6,8H,3-4,7H2,1-2H3/t8-/m1/s1. The summed E-state index contributed by atoms with van der Waals surface area (Å²) in [5.74, 6) is 0.860. The van der Waals surface area contributed by atoms with Gasteiger partial charge in [-0.3, -0.25) is 4.98 Å². The fraction of sp³-hybridized carbons (Fsp3) is 0.545. The molecule has 0 aromatic carbocycles. The quantitative estimate of drug-likeness (QED) is 0.569. The van der Waals surface area contributed by atoms with Crippen LogP contribution in [0.15, 0.2) is 12.3 Å². The highest BCUT2D eigenvalue weighted by molar-refractivity contribution is 5.31. The molecule has 0 N–H and O–H groups in total. The lowest BCUT2D eigenvalue weighted by atomic mass is 9.85. The molecule has 2 rings (SSSR count). The smallest absolute Gasteiger partial charge is 0.0407 e. The van der Waals surface area contributed by atoms with Gasteiger partial charge in [0.15, 0.2) is 0 Å². The Labute approximate surface area is 73.8 Å². The van der Waals surface area contributed by atoms with Gasteiger partial charge in [0.25, 0.3) is 0 Å². The van der Waals surface area contributed by atoms with Crippen molar-refractivity contribution >= 4 is 0 Å². The highest BCUT2D eigenvalue weighted by Gasteiger charge is 2.16. The maximum atomic E-state index is 4.32. The maximum Gasteiger partial charge on any atom is 0.0407 e. The molecular weight excluding hydrogens is 146 g/mol. The van der Waals surface area contributed by atoms with Crippen LogP contribution in [0.2, 0.25) is 0 Å². The van der Waals surface area contributed by atoms with E-state index in [0.717, 1.165) is 5.92 Å². The van der Waals surface area contributed by atoms with Crippen LogP contribution < -0.4 is 0 Å². The van der Waals surface area contributed by atoms with Crippen molar-refractivity contribution in [3.05, 3.63) is 29.1 Å². The van der Waals surface area contributed by atoms with Crippen molar-refractivity contribution in [2.24, 2.45) is 5.92 Å². The summed E-state index contributed by atoms with van der Waals surface area (Å²) in [6.07, 6.45) is 5.75. The molecule has 1 aromatic rings. The molecule has 0 aliphatic heterocycles. The Morgan fingerprint density at radius 2 is 2.33 bits per heavy atom. The van der Waals surface area contributed by atoms with E-state index >= 15 is 0 Å². The van der Waals surface area contributed by atoms with Crippen LogP contribution in [0.5, 0.6) is 0 Å². The first-order valence-electron chi connectivity index (χ1n) is 4.70. The second kappa shape index (κ2) is 2.89. The monoisotopic (exact) mass is 161 g/mol. The Kier molecular flexibility index (Phi) is 1.87. The molecular formula is C11H15N. The van der Waals surface area contributed by atoms with Crippen LogP contribution in [-0.4, -0.2) is 4.98 Å². The molecule has 64 valence electrons. The van der Waals surface area contributed by atoms with Gasteiger partial charge in [0, 0.05) is 11.9 Å². The van der Waals surface area contributed by atoms with E-state index in [-0.39, 0.29) is 0 Å². The SMILES string of the molecule is Cc1nccc2c1CC[C@@H](C)C2. The zero-order valence-corrected chi connectivity index (χ0v) is 7.80. The maximum absolute atomic E-state index is 4.32. The molecule has 12 heavy (non-hydrogen) atoms. The summed E-state index contributed by atoms with van der Waals surface area (Å²) in [6, 6.07) is 2.18. The Morgan fingerprint density at radius 3 is 3.17 bits per heavy atom. The molecule has 1 aromatic heterocycles. The van der Waals surface area contributed by atoms with Crippen LogP contribution in [-0.2, 0) is 12.8 Å². The highest BCUT2D eigenvalue weighted by Crippen LogP contribution is 2.25. The van der Waals surface area contributed by atoms with Gasteiger partial charge in [0.2, 0.25) is 0 Å². The zero-order chi connectivity index (χ0) is 8.55. The van der Waals surface area contributed by atoms with E-state index in [1.165, 1.54) is 36.1 Å². The number of hydrogen-bond acceptors (Lipinski definition) is 1. The van der Waals surface area contributed by atoms with Crippen LogP contribution in [0.4, 0.5) is 0 Å². The van der Waals surface area contributed by atoms with Crippen LogP contribution in [0.25, 0.3) is 0 Å². The second-order valence-electron chi connectivity index (χ2n) is 3.88. The van der Waals surface area contributed by atoms with Crippen LogP contribution >= 0.6 is 0 Å². The van der Waals surface area contributed by atoms with E-state index < -0.39 is 0 Å². The van der Waals surface area contributed by atoms with Crippen molar-refractivity contribution in [3.8, 4) is 0 Å². The highest BCUT2D eigenvalue weighted by atomic mass is 14.7. The summed E-state index contributed by atoms with van der Waals surface area (Å²) in [5.41, 5.74) is 4.27. The Bertz CT molecular complexity index is 291. The van der Waals surface area contributed by atoms with Gasteiger partial charge in [-0.15, -0.1) is 0 Å². The average molecular weight is 161 g/mol. The number of nitrogens with zero attached hydrogens (tertiary/aromatic N) is 1. The van der Waals surface area contributed by atoms with Crippen molar-refractivity contribution in [2.75, 3.05) is 0 Å². The number of rotatable bonds is 0. The third kappa shape index (κ3) is 1.24. The average Bonchev–Trinajstić information content (AvgIpc) is 2.04. The normalized spacial score (nSPS) is 22.0. The van der Waals surface area contributed by atoms with Gasteiger partial charge in [0.05, 0.1) is 0 Å². The number of aryl methyl sites for hydroxylation is 1. The van der Waals surface area contributed by atoms with Gasteiger partial charge < -0.3 is 0 Å². The first-order valence-corrected chi connectivity index (χ1v) is 4.70. The summed E-state index contributed by atoms with van der Waals surface area (Å²) in [4.78, 5) is 4.32. The molecule has 1 aliphatic carbocycles. The molecule has 0 saturated heterocycles. The predicted octanol–water partition coefficient (Wildman–Crippen LogP) is 2.51. The third-order valence-electron chi connectivity index (χ3n) is 2.82. The second-order valence-corrected chi connectivity index (χ2v) is 3.88. The number of pyridine rings is 1. The van der Waals surface area contributed by atoms with Gasteiger partial charge >= 0.3 is 0 Å². The fourth-order valence-corrected chi connectivity index (χ4v) is 2.05. The Balaban J connectivity index is 2.42. The first kappa shape index (κ1) is 7.78. The molecule has 1 nitrogen and oxygen atoms in total. The van der Waals surface area contributed by atoms with E-state index in [0.29, 0.717) is 0 Å². The lowest BCUT2D eigenvalue weighted by Gasteiger charge is -2.22. The molecule has 1 aliphatic rings. The summed E-state index contributed by atoms with van der Waals surface area (Å²) in [7, 11) is 0. The summed E-state index contributed by atoms with van der Waals surface area (Å²) < 4.78 is 0. The Hall–Kier alpha value is -0.850. The number of fused-ring (bicyclic) bond motifs is 1. The van der Waals surface area contributed by atoms with Gasteiger partial charge in [-0.25, -0.2) is 0 Å². The van der Waals surface area contributed by atoms with Crippen molar-refractivity contribution in [1.82, 2.24) is 4.98 Å². The molecule has 0 fully saturated rings. The summed E-state index contributed by atoms with van der Waals surface area (Å²) in [6.45, 7) is 4.45. The minimum absolute atomic E-state index is 0.860. The van der Waals surface area contributed by atoms with Crippen molar-refractivity contribution in [3.63, 3.8) is 0 Å². The van der Waals surface area contributed by atoms with E-state index in [9.17, 15) is 0 Å². The zero-order valence-electron chi connectivity index (χ0n) is 7.80. The fourth-order valence-electron chi connectivity index (χ4n) is 2.05. The molecule has 0 spiro atoms. The molecule has 0 amide bonds. The predicted molar refractivity (Wildman–Crippen MR) is 50.2 cm³/mol. The van der Waals surface area contributed by atoms with Crippen LogP contribution in [0.1, 0.15) is 30.2 Å². The topological polar surface area (TPSA) is 12.9 Å². The minimum atomic E-state index is 0.860. The molecule has 1 atom stereocenters. The molecule has 0 radical (unpaired) electrons. The lowest BCUT2D eigenvalue weighted by Crippen LogP contribution is -2.12. The van der Waals surface area contributed by atoms with Crippen LogP contribution in [0.3, 0.4) is 0 Å². The van der Waals surface area contributed by atoms with Crippen molar-refractivity contribution in [2.45, 2.75) is 33.1 Å². The van der Waals surface area contributed by atoms with E-state index in [2.05, 4.69) is 24.9 Å². The lowest BCUT2D eigenvalue weighted by molar-refractivity contribution is 0.498. The van der Waals surface area contributed by atoms with E-state index in [4.69, 9.17) is 0 Å². The molecule has 0 bridgehead atoms. The minimum Gasteiger partial charge on any atom is -0.261 e. The summed E-state index contributed by atoms with van der Waals surface area (Å²) in [5, 5.41) is 0. The molecule has 0 saturated carbocycles. The number of hydrogen-bond donors (Lipinski definition) is 0. The molecule has 1 heteroatoms. The third-order valence-corrected chi connectivity index (χ3v) is 2.82. The van der Waals surface area contributed by atoms with Gasteiger partial charge in [-0.1, -0.05) is 6.92 Å². The molecule has 0 unspecified atom stereocenters. The van der Waals surface area contributed by atoms with Crippen molar-refractivity contribution < 1.29 is 0 Å².